The van der Waals surface area contributed by atoms with E-state index in [4.69, 9.17) is 0 Å². The summed E-state index contributed by atoms with van der Waals surface area (Å²) in [6.07, 6.45) is 0. The topological polar surface area (TPSA) is 66.5 Å². The molecule has 0 spiro atoms. The predicted molar refractivity (Wildman–Crippen MR) is 92.0 cm³/mol. The lowest BCUT2D eigenvalue weighted by Gasteiger charge is -2.35. The van der Waals surface area contributed by atoms with Crippen molar-refractivity contribution >= 4 is 15.9 Å². The van der Waals surface area contributed by atoms with Crippen molar-refractivity contribution in [2.45, 2.75) is 24.8 Å². The quantitative estimate of drug-likeness (QED) is 0.928. The molecule has 1 heterocycles. The minimum Gasteiger partial charge on any atom is -0.353 e. The molecular formula is C18H20N2O3S. The summed E-state index contributed by atoms with van der Waals surface area (Å²) >= 11 is 0. The van der Waals surface area contributed by atoms with Crippen molar-refractivity contribution in [2.24, 2.45) is 0 Å². The molecule has 1 saturated heterocycles. The second kappa shape index (κ2) is 6.37. The molecule has 1 atom stereocenters. The third kappa shape index (κ3) is 2.83. The first-order valence-electron chi connectivity index (χ1n) is 7.83. The lowest BCUT2D eigenvalue weighted by Crippen LogP contribution is -2.52. The smallest absolute Gasteiger partial charge is 0.244 e. The number of nitrogens with zero attached hydrogens (tertiary/aromatic N) is 1. The van der Waals surface area contributed by atoms with Gasteiger partial charge in [-0.2, -0.15) is 4.31 Å². The Hall–Kier alpha value is -2.18. The third-order valence-corrected chi connectivity index (χ3v) is 6.36. The summed E-state index contributed by atoms with van der Waals surface area (Å²) in [5.74, 6) is -0.285. The molecule has 5 nitrogen and oxygen atoms in total. The number of sulfonamides is 1. The van der Waals surface area contributed by atoms with Gasteiger partial charge >= 0.3 is 0 Å². The molecule has 24 heavy (non-hydrogen) atoms. The van der Waals surface area contributed by atoms with Gasteiger partial charge in [-0.15, -0.1) is 0 Å². The molecular weight excluding hydrogens is 324 g/mol. The molecule has 1 N–H and O–H groups in total. The van der Waals surface area contributed by atoms with E-state index in [1.807, 2.05) is 31.2 Å². The fourth-order valence-electron chi connectivity index (χ4n) is 3.07. The average Bonchev–Trinajstić information content (AvgIpc) is 2.56. The molecule has 1 aliphatic heterocycles. The molecule has 0 aromatic heterocycles. The van der Waals surface area contributed by atoms with E-state index in [0.29, 0.717) is 17.7 Å². The Kier molecular flexibility index (Phi) is 4.43. The largest absolute Gasteiger partial charge is 0.353 e. The Morgan fingerprint density at radius 2 is 1.62 bits per heavy atom. The summed E-state index contributed by atoms with van der Waals surface area (Å²) in [5.41, 5.74) is 2.28. The van der Waals surface area contributed by atoms with Crippen LogP contribution in [-0.2, 0) is 14.8 Å². The van der Waals surface area contributed by atoms with Crippen LogP contribution in [-0.4, -0.2) is 31.7 Å². The number of hydrogen-bond donors (Lipinski definition) is 1. The number of carbonyl (C=O) groups is 1. The van der Waals surface area contributed by atoms with E-state index in [2.05, 4.69) is 5.32 Å². The van der Waals surface area contributed by atoms with Gasteiger partial charge in [-0.25, -0.2) is 8.42 Å². The zero-order valence-electron chi connectivity index (χ0n) is 13.7. The van der Waals surface area contributed by atoms with Crippen molar-refractivity contribution in [2.75, 3.05) is 13.1 Å². The molecule has 0 radical (unpaired) electrons. The molecule has 1 fully saturated rings. The summed E-state index contributed by atoms with van der Waals surface area (Å²) in [4.78, 5) is 12.8. The molecule has 0 aliphatic carbocycles. The van der Waals surface area contributed by atoms with E-state index in [1.54, 1.807) is 31.2 Å². The van der Waals surface area contributed by atoms with E-state index in [9.17, 15) is 13.2 Å². The molecule has 1 unspecified atom stereocenters. The van der Waals surface area contributed by atoms with Crippen LogP contribution in [0, 0.1) is 13.8 Å². The Morgan fingerprint density at radius 3 is 2.29 bits per heavy atom. The minimum absolute atomic E-state index is 0.248. The van der Waals surface area contributed by atoms with Gasteiger partial charge in [0.05, 0.1) is 4.90 Å². The molecule has 6 heteroatoms. The van der Waals surface area contributed by atoms with Gasteiger partial charge in [-0.05, 0) is 36.6 Å². The maximum atomic E-state index is 13.2. The fourth-order valence-corrected chi connectivity index (χ4v) is 4.86. The van der Waals surface area contributed by atoms with E-state index >= 15 is 0 Å². The van der Waals surface area contributed by atoms with Crippen LogP contribution in [0.5, 0.6) is 0 Å². The maximum absolute atomic E-state index is 13.2. The van der Waals surface area contributed by atoms with Crippen molar-refractivity contribution in [1.29, 1.82) is 0 Å². The first kappa shape index (κ1) is 16.7. The van der Waals surface area contributed by atoms with Crippen LogP contribution in [0.1, 0.15) is 22.7 Å². The molecule has 1 amide bonds. The summed E-state index contributed by atoms with van der Waals surface area (Å²) in [6.45, 7) is 4.21. The van der Waals surface area contributed by atoms with Gasteiger partial charge in [0.25, 0.3) is 0 Å². The molecule has 1 aliphatic rings. The van der Waals surface area contributed by atoms with Crippen LogP contribution < -0.4 is 5.32 Å². The molecule has 0 saturated carbocycles. The highest BCUT2D eigenvalue weighted by Crippen LogP contribution is 2.32. The van der Waals surface area contributed by atoms with Gasteiger partial charge in [-0.1, -0.05) is 42.5 Å². The highest BCUT2D eigenvalue weighted by Gasteiger charge is 2.40. The monoisotopic (exact) mass is 344 g/mol. The van der Waals surface area contributed by atoms with Crippen LogP contribution in [0.4, 0.5) is 0 Å². The van der Waals surface area contributed by atoms with Gasteiger partial charge in [0.15, 0.2) is 0 Å². The standard InChI is InChI=1S/C18H20N2O3S/c1-13-7-3-5-9-15(13)17-18(21)19-11-12-20(17)24(22,23)16-10-6-4-8-14(16)2/h3-10,17H,11-12H2,1-2H3,(H,19,21). The van der Waals surface area contributed by atoms with Crippen molar-refractivity contribution in [3.05, 3.63) is 65.2 Å². The highest BCUT2D eigenvalue weighted by atomic mass is 32.2. The predicted octanol–water partition coefficient (Wildman–Crippen LogP) is 2.17. The van der Waals surface area contributed by atoms with Crippen molar-refractivity contribution in [3.8, 4) is 0 Å². The number of rotatable bonds is 3. The second-order valence-electron chi connectivity index (χ2n) is 5.93. The Morgan fingerprint density at radius 1 is 1.00 bits per heavy atom. The van der Waals surface area contributed by atoms with Gasteiger partial charge in [-0.3, -0.25) is 4.79 Å². The number of nitrogens with one attached hydrogen (secondary N) is 1. The van der Waals surface area contributed by atoms with Crippen LogP contribution in [0.25, 0.3) is 0 Å². The zero-order chi connectivity index (χ0) is 17.3. The molecule has 2 aromatic carbocycles. The Bertz CT molecular complexity index is 877. The molecule has 2 aromatic rings. The lowest BCUT2D eigenvalue weighted by molar-refractivity contribution is -0.126. The summed E-state index contributed by atoms with van der Waals surface area (Å²) in [6, 6.07) is 13.4. The van der Waals surface area contributed by atoms with E-state index in [-0.39, 0.29) is 17.3 Å². The second-order valence-corrected chi connectivity index (χ2v) is 7.79. The van der Waals surface area contributed by atoms with Crippen molar-refractivity contribution in [3.63, 3.8) is 0 Å². The van der Waals surface area contributed by atoms with E-state index < -0.39 is 16.1 Å². The zero-order valence-corrected chi connectivity index (χ0v) is 14.5. The van der Waals surface area contributed by atoms with Gasteiger partial charge < -0.3 is 5.32 Å². The number of benzene rings is 2. The molecule has 3 rings (SSSR count). The SMILES string of the molecule is Cc1ccccc1C1C(=O)NCCN1S(=O)(=O)c1ccccc1C. The third-order valence-electron chi connectivity index (χ3n) is 4.33. The first-order valence-corrected chi connectivity index (χ1v) is 9.27. The summed E-state index contributed by atoms with van der Waals surface area (Å²) in [7, 11) is -3.77. The van der Waals surface area contributed by atoms with Gasteiger partial charge in [0, 0.05) is 13.1 Å². The lowest BCUT2D eigenvalue weighted by atomic mass is 9.99. The van der Waals surface area contributed by atoms with Crippen LogP contribution in [0.2, 0.25) is 0 Å². The van der Waals surface area contributed by atoms with E-state index in [1.165, 1.54) is 4.31 Å². The van der Waals surface area contributed by atoms with Gasteiger partial charge in [0.2, 0.25) is 15.9 Å². The Balaban J connectivity index is 2.12. The summed E-state index contributed by atoms with van der Waals surface area (Å²) < 4.78 is 27.7. The molecule has 0 bridgehead atoms. The Labute approximate surface area is 142 Å². The maximum Gasteiger partial charge on any atom is 0.244 e. The van der Waals surface area contributed by atoms with Crippen molar-refractivity contribution < 1.29 is 13.2 Å². The summed E-state index contributed by atoms with van der Waals surface area (Å²) in [5, 5.41) is 2.78. The van der Waals surface area contributed by atoms with Gasteiger partial charge in [0.1, 0.15) is 6.04 Å². The molecule has 126 valence electrons. The van der Waals surface area contributed by atoms with Crippen LogP contribution in [0.3, 0.4) is 0 Å². The number of carbonyl (C=O) groups excluding carboxylic acids is 1. The first-order chi connectivity index (χ1) is 11.4. The number of amides is 1. The van der Waals surface area contributed by atoms with E-state index in [0.717, 1.165) is 5.56 Å². The van der Waals surface area contributed by atoms with Crippen molar-refractivity contribution in [1.82, 2.24) is 9.62 Å². The highest BCUT2D eigenvalue weighted by molar-refractivity contribution is 7.89. The van der Waals surface area contributed by atoms with Crippen LogP contribution in [0.15, 0.2) is 53.4 Å². The fraction of sp³-hybridized carbons (Fsp3) is 0.278. The normalized spacial score (nSPS) is 19.1. The number of aryl methyl sites for hydroxylation is 2. The minimum atomic E-state index is -3.77. The number of hydrogen-bond acceptors (Lipinski definition) is 3. The number of piperazine rings is 1. The van der Waals surface area contributed by atoms with Crippen LogP contribution >= 0.6 is 0 Å². The average molecular weight is 344 g/mol.